The molecule has 1 aliphatic heterocycles. The third kappa shape index (κ3) is 5.61. The smallest absolute Gasteiger partial charge is 0.343 e. The lowest BCUT2D eigenvalue weighted by Crippen LogP contribution is -2.56. The van der Waals surface area contributed by atoms with Crippen molar-refractivity contribution in [1.29, 1.82) is 0 Å². The van der Waals surface area contributed by atoms with Gasteiger partial charge in [0.05, 0.1) is 29.6 Å². The Labute approximate surface area is 233 Å². The molecule has 10 heteroatoms. The van der Waals surface area contributed by atoms with Crippen molar-refractivity contribution in [1.82, 2.24) is 0 Å². The van der Waals surface area contributed by atoms with Crippen LogP contribution in [0, 0.1) is 0 Å². The molecule has 3 aromatic rings. The maximum atomic E-state index is 13.7. The average molecular weight is 595 g/mol. The molecule has 0 aliphatic carbocycles. The Morgan fingerprint density at radius 1 is 0.921 bits per heavy atom. The van der Waals surface area contributed by atoms with Crippen molar-refractivity contribution in [2.24, 2.45) is 0 Å². The van der Waals surface area contributed by atoms with Crippen LogP contribution in [0.3, 0.4) is 0 Å². The van der Waals surface area contributed by atoms with Crippen LogP contribution in [-0.2, 0) is 19.1 Å². The molecule has 1 heterocycles. The van der Waals surface area contributed by atoms with E-state index in [4.69, 9.17) is 21.7 Å². The SMILES string of the molecule is CCOc1cc(C=C2C(=O)N(c3ccccc3)C(=S)N(c3ccccc3)C2=O)cc(Br)c1OCC(=O)OC. The number of hydrogen-bond acceptors (Lipinski definition) is 7. The van der Waals surface area contributed by atoms with Gasteiger partial charge in [-0.2, -0.15) is 0 Å². The van der Waals surface area contributed by atoms with E-state index in [-0.39, 0.29) is 17.3 Å². The molecule has 0 spiro atoms. The maximum absolute atomic E-state index is 13.7. The maximum Gasteiger partial charge on any atom is 0.343 e. The van der Waals surface area contributed by atoms with Gasteiger partial charge in [0, 0.05) is 0 Å². The fourth-order valence-electron chi connectivity index (χ4n) is 3.77. The number of ether oxygens (including phenoxy) is 3. The van der Waals surface area contributed by atoms with Crippen LogP contribution in [-0.4, -0.2) is 43.2 Å². The molecule has 3 aromatic carbocycles. The van der Waals surface area contributed by atoms with Crippen LogP contribution in [0.15, 0.2) is 82.8 Å². The van der Waals surface area contributed by atoms with Crippen molar-refractivity contribution in [3.05, 3.63) is 88.4 Å². The predicted molar refractivity (Wildman–Crippen MR) is 151 cm³/mol. The number of nitrogens with zero attached hydrogens (tertiary/aromatic N) is 2. The summed E-state index contributed by atoms with van der Waals surface area (Å²) in [4.78, 5) is 41.7. The van der Waals surface area contributed by atoms with E-state index in [9.17, 15) is 14.4 Å². The van der Waals surface area contributed by atoms with Gasteiger partial charge in [-0.15, -0.1) is 0 Å². The van der Waals surface area contributed by atoms with Gasteiger partial charge in [-0.05, 0) is 83.1 Å². The summed E-state index contributed by atoms with van der Waals surface area (Å²) in [6.45, 7) is 1.80. The van der Waals surface area contributed by atoms with Crippen LogP contribution in [0.2, 0.25) is 0 Å². The number of halogens is 1. The van der Waals surface area contributed by atoms with Gasteiger partial charge in [0.2, 0.25) is 0 Å². The Hall–Kier alpha value is -4.02. The molecule has 4 rings (SSSR count). The molecule has 0 aromatic heterocycles. The molecule has 194 valence electrons. The quantitative estimate of drug-likeness (QED) is 0.154. The molecule has 0 atom stereocenters. The highest BCUT2D eigenvalue weighted by Gasteiger charge is 2.41. The number of rotatable bonds is 8. The van der Waals surface area contributed by atoms with Gasteiger partial charge in [-0.1, -0.05) is 36.4 Å². The second kappa shape index (κ2) is 12.0. The first-order chi connectivity index (χ1) is 18.3. The van der Waals surface area contributed by atoms with Crippen molar-refractivity contribution in [2.45, 2.75) is 6.92 Å². The van der Waals surface area contributed by atoms with Crippen molar-refractivity contribution in [2.75, 3.05) is 30.1 Å². The fraction of sp³-hybridized carbons (Fsp3) is 0.143. The summed E-state index contributed by atoms with van der Waals surface area (Å²) in [6.07, 6.45) is 1.48. The first-order valence-electron chi connectivity index (χ1n) is 11.6. The molecule has 0 bridgehead atoms. The third-order valence-corrected chi connectivity index (χ3v) is 6.44. The number of para-hydroxylation sites is 2. The van der Waals surface area contributed by atoms with Crippen LogP contribution < -0.4 is 19.3 Å². The summed E-state index contributed by atoms with van der Waals surface area (Å²) in [5, 5.41) is 0.0531. The first kappa shape index (κ1) is 27.0. The fourth-order valence-corrected chi connectivity index (χ4v) is 4.72. The second-order valence-electron chi connectivity index (χ2n) is 7.92. The monoisotopic (exact) mass is 594 g/mol. The van der Waals surface area contributed by atoms with E-state index in [2.05, 4.69) is 20.7 Å². The molecule has 0 saturated carbocycles. The van der Waals surface area contributed by atoms with Gasteiger partial charge < -0.3 is 14.2 Å². The lowest BCUT2D eigenvalue weighted by molar-refractivity contribution is -0.143. The van der Waals surface area contributed by atoms with Crippen molar-refractivity contribution < 1.29 is 28.6 Å². The third-order valence-electron chi connectivity index (χ3n) is 5.48. The highest BCUT2D eigenvalue weighted by atomic mass is 79.9. The zero-order valence-corrected chi connectivity index (χ0v) is 23.0. The topological polar surface area (TPSA) is 85.4 Å². The van der Waals surface area contributed by atoms with E-state index in [0.717, 1.165) is 0 Å². The minimum absolute atomic E-state index is 0.0531. The zero-order chi connectivity index (χ0) is 27.2. The standard InChI is InChI=1S/C28H23BrN2O6S/c1-3-36-23-16-18(15-22(29)25(23)37-17-24(32)35-2)14-21-26(33)30(19-10-6-4-7-11-19)28(38)31(27(21)34)20-12-8-5-9-13-20/h4-16H,3,17H2,1-2H3. The number of carbonyl (C=O) groups excluding carboxylic acids is 3. The summed E-state index contributed by atoms with van der Waals surface area (Å²) in [5.41, 5.74) is 1.47. The number of esters is 1. The highest BCUT2D eigenvalue weighted by molar-refractivity contribution is 9.10. The van der Waals surface area contributed by atoms with Gasteiger partial charge in [0.15, 0.2) is 23.2 Å². The molecule has 1 fully saturated rings. The highest BCUT2D eigenvalue weighted by Crippen LogP contribution is 2.38. The van der Waals surface area contributed by atoms with Crippen LogP contribution in [0.4, 0.5) is 11.4 Å². The average Bonchev–Trinajstić information content (AvgIpc) is 2.92. The van der Waals surface area contributed by atoms with Gasteiger partial charge >= 0.3 is 5.97 Å². The molecule has 1 saturated heterocycles. The predicted octanol–water partition coefficient (Wildman–Crippen LogP) is 5.15. The van der Waals surface area contributed by atoms with E-state index in [0.29, 0.717) is 39.5 Å². The molecule has 2 amide bonds. The Morgan fingerprint density at radius 3 is 1.97 bits per heavy atom. The molecular weight excluding hydrogens is 572 g/mol. The van der Waals surface area contributed by atoms with E-state index >= 15 is 0 Å². The number of carbonyl (C=O) groups is 3. The van der Waals surface area contributed by atoms with E-state index < -0.39 is 17.8 Å². The molecule has 0 radical (unpaired) electrons. The van der Waals surface area contributed by atoms with Gasteiger partial charge in [-0.3, -0.25) is 19.4 Å². The number of amides is 2. The minimum atomic E-state index is -0.557. The summed E-state index contributed by atoms with van der Waals surface area (Å²) in [6, 6.07) is 21.1. The molecule has 0 unspecified atom stereocenters. The Morgan fingerprint density at radius 2 is 1.47 bits per heavy atom. The lowest BCUT2D eigenvalue weighted by Gasteiger charge is -2.36. The number of thiocarbonyl (C=S) groups is 1. The van der Waals surface area contributed by atoms with Crippen LogP contribution in [0.25, 0.3) is 6.08 Å². The van der Waals surface area contributed by atoms with Crippen LogP contribution in [0.5, 0.6) is 11.5 Å². The van der Waals surface area contributed by atoms with Crippen molar-refractivity contribution >= 4 is 68.5 Å². The number of methoxy groups -OCH3 is 1. The van der Waals surface area contributed by atoms with Crippen LogP contribution in [0.1, 0.15) is 12.5 Å². The Kier molecular flexibility index (Phi) is 8.55. The van der Waals surface area contributed by atoms with Crippen molar-refractivity contribution in [3.63, 3.8) is 0 Å². The zero-order valence-electron chi connectivity index (χ0n) is 20.5. The van der Waals surface area contributed by atoms with Gasteiger partial charge in [-0.25, -0.2) is 4.79 Å². The molecule has 0 N–H and O–H groups in total. The summed E-state index contributed by atoms with van der Waals surface area (Å²) >= 11 is 9.08. The first-order valence-corrected chi connectivity index (χ1v) is 12.8. The number of benzene rings is 3. The van der Waals surface area contributed by atoms with Gasteiger partial charge in [0.1, 0.15) is 5.57 Å². The summed E-state index contributed by atoms with van der Waals surface area (Å²) in [7, 11) is 1.26. The van der Waals surface area contributed by atoms with Crippen molar-refractivity contribution in [3.8, 4) is 11.5 Å². The largest absolute Gasteiger partial charge is 0.490 e. The molecule has 1 aliphatic rings. The number of anilines is 2. The summed E-state index contributed by atoms with van der Waals surface area (Å²) < 4.78 is 16.4. The Bertz CT molecular complexity index is 1350. The molecular formula is C28H23BrN2O6S. The van der Waals surface area contributed by atoms with Gasteiger partial charge in [0.25, 0.3) is 11.8 Å². The number of hydrogen-bond donors (Lipinski definition) is 0. The minimum Gasteiger partial charge on any atom is -0.490 e. The van der Waals surface area contributed by atoms with E-state index in [1.165, 1.54) is 23.0 Å². The second-order valence-corrected chi connectivity index (χ2v) is 9.14. The van der Waals surface area contributed by atoms with Crippen LogP contribution >= 0.6 is 28.1 Å². The molecule has 38 heavy (non-hydrogen) atoms. The lowest BCUT2D eigenvalue weighted by atomic mass is 10.0. The van der Waals surface area contributed by atoms with E-state index in [1.54, 1.807) is 67.6 Å². The normalized spacial score (nSPS) is 13.4. The Balaban J connectivity index is 1.81. The van der Waals surface area contributed by atoms with E-state index in [1.807, 2.05) is 12.1 Å². The molecule has 8 nitrogen and oxygen atoms in total. The summed E-state index contributed by atoms with van der Waals surface area (Å²) in [5.74, 6) is -1.05.